The molecule has 3 aromatic rings. The van der Waals surface area contributed by atoms with E-state index in [9.17, 15) is 9.59 Å². The van der Waals surface area contributed by atoms with Gasteiger partial charge in [-0.05, 0) is 44.2 Å². The summed E-state index contributed by atoms with van der Waals surface area (Å²) in [6, 6.07) is 9.99. The van der Waals surface area contributed by atoms with Crippen LogP contribution in [0.5, 0.6) is 0 Å². The van der Waals surface area contributed by atoms with Crippen LogP contribution in [-0.4, -0.2) is 26.7 Å². The van der Waals surface area contributed by atoms with E-state index in [4.69, 9.17) is 16.1 Å². The summed E-state index contributed by atoms with van der Waals surface area (Å²) in [7, 11) is 0. The second-order valence-electron chi connectivity index (χ2n) is 6.04. The van der Waals surface area contributed by atoms with Gasteiger partial charge in [0.25, 0.3) is 11.4 Å². The highest BCUT2D eigenvalue weighted by Crippen LogP contribution is 2.22. The zero-order valence-corrected chi connectivity index (χ0v) is 15.0. The van der Waals surface area contributed by atoms with Gasteiger partial charge in [-0.2, -0.15) is 4.98 Å². The van der Waals surface area contributed by atoms with Gasteiger partial charge in [0.2, 0.25) is 11.7 Å². The van der Waals surface area contributed by atoms with Crippen molar-refractivity contribution in [1.82, 2.24) is 20.0 Å². The molecule has 2 aromatic heterocycles. The number of benzene rings is 1. The van der Waals surface area contributed by atoms with Crippen LogP contribution in [-0.2, 0) is 11.3 Å². The molecule has 0 saturated heterocycles. The number of amides is 1. The molecule has 1 aromatic carbocycles. The van der Waals surface area contributed by atoms with Gasteiger partial charge >= 0.3 is 0 Å². The quantitative estimate of drug-likeness (QED) is 0.743. The number of hydrogen-bond donors (Lipinski definition) is 1. The molecule has 0 unspecified atom stereocenters. The molecular formula is C18H17ClN4O3. The molecule has 134 valence electrons. The lowest BCUT2D eigenvalue weighted by atomic mass is 10.2. The zero-order chi connectivity index (χ0) is 18.7. The van der Waals surface area contributed by atoms with Crippen LogP contribution >= 0.6 is 11.6 Å². The standard InChI is InChI=1S/C18H17ClN4O3/c1-11(2)20-15(24)10-23-9-13(5-8-16(23)25)18-21-17(22-26-18)12-3-6-14(19)7-4-12/h3-9,11H,10H2,1-2H3,(H,20,24). The Labute approximate surface area is 154 Å². The summed E-state index contributed by atoms with van der Waals surface area (Å²) in [5.74, 6) is 0.423. The second kappa shape index (κ2) is 7.53. The summed E-state index contributed by atoms with van der Waals surface area (Å²) >= 11 is 5.88. The Balaban J connectivity index is 1.86. The Morgan fingerprint density at radius 1 is 1.19 bits per heavy atom. The number of nitrogens with zero attached hydrogens (tertiary/aromatic N) is 3. The molecule has 0 saturated carbocycles. The first kappa shape index (κ1) is 17.9. The molecule has 8 heteroatoms. The van der Waals surface area contributed by atoms with E-state index in [-0.39, 0.29) is 29.9 Å². The predicted octanol–water partition coefficient (Wildman–Crippen LogP) is 2.74. The van der Waals surface area contributed by atoms with Gasteiger partial charge in [-0.3, -0.25) is 9.59 Å². The lowest BCUT2D eigenvalue weighted by Gasteiger charge is -2.10. The van der Waals surface area contributed by atoms with Gasteiger partial charge in [-0.25, -0.2) is 0 Å². The summed E-state index contributed by atoms with van der Waals surface area (Å²) in [6.07, 6.45) is 1.53. The Morgan fingerprint density at radius 2 is 1.88 bits per heavy atom. The van der Waals surface area contributed by atoms with Gasteiger partial charge in [-0.1, -0.05) is 16.8 Å². The lowest BCUT2D eigenvalue weighted by Crippen LogP contribution is -2.35. The smallest absolute Gasteiger partial charge is 0.259 e. The van der Waals surface area contributed by atoms with E-state index in [2.05, 4.69) is 15.5 Å². The Hall–Kier alpha value is -2.93. The van der Waals surface area contributed by atoms with Crippen molar-refractivity contribution in [3.63, 3.8) is 0 Å². The van der Waals surface area contributed by atoms with E-state index in [0.717, 1.165) is 5.56 Å². The number of carbonyl (C=O) groups excluding carboxylic acids is 1. The van der Waals surface area contributed by atoms with Gasteiger partial charge in [0.1, 0.15) is 6.54 Å². The molecule has 3 rings (SSSR count). The van der Waals surface area contributed by atoms with Gasteiger partial charge in [0.05, 0.1) is 5.56 Å². The van der Waals surface area contributed by atoms with E-state index in [0.29, 0.717) is 16.4 Å². The van der Waals surface area contributed by atoms with E-state index in [1.54, 1.807) is 30.3 Å². The van der Waals surface area contributed by atoms with Crippen LogP contribution in [0, 0.1) is 0 Å². The largest absolute Gasteiger partial charge is 0.352 e. The molecule has 26 heavy (non-hydrogen) atoms. The van der Waals surface area contributed by atoms with Crippen LogP contribution < -0.4 is 10.9 Å². The van der Waals surface area contributed by atoms with Crippen molar-refractivity contribution in [2.75, 3.05) is 0 Å². The summed E-state index contributed by atoms with van der Waals surface area (Å²) in [5.41, 5.74) is 1.02. The fourth-order valence-electron chi connectivity index (χ4n) is 2.36. The highest BCUT2D eigenvalue weighted by Gasteiger charge is 2.13. The monoisotopic (exact) mass is 372 g/mol. The maximum Gasteiger partial charge on any atom is 0.259 e. The molecule has 0 spiro atoms. The topological polar surface area (TPSA) is 90.0 Å². The van der Waals surface area contributed by atoms with Gasteiger partial charge in [0, 0.05) is 28.9 Å². The molecule has 0 aliphatic carbocycles. The third-order valence-corrected chi connectivity index (χ3v) is 3.77. The third-order valence-electron chi connectivity index (χ3n) is 3.52. The van der Waals surface area contributed by atoms with Crippen LogP contribution in [0.2, 0.25) is 5.02 Å². The Bertz CT molecular complexity index is 977. The van der Waals surface area contributed by atoms with E-state index >= 15 is 0 Å². The van der Waals surface area contributed by atoms with Gasteiger partial charge in [-0.15, -0.1) is 0 Å². The van der Waals surface area contributed by atoms with Crippen molar-refractivity contribution >= 4 is 17.5 Å². The van der Waals surface area contributed by atoms with Crippen LogP contribution in [0.25, 0.3) is 22.8 Å². The number of halogens is 1. The molecule has 0 aliphatic heterocycles. The van der Waals surface area contributed by atoms with Crippen LogP contribution in [0.3, 0.4) is 0 Å². The first-order valence-corrected chi connectivity index (χ1v) is 8.40. The highest BCUT2D eigenvalue weighted by atomic mass is 35.5. The fraction of sp³-hybridized carbons (Fsp3) is 0.222. The highest BCUT2D eigenvalue weighted by molar-refractivity contribution is 6.30. The van der Waals surface area contributed by atoms with Gasteiger partial charge in [0.15, 0.2) is 0 Å². The van der Waals surface area contributed by atoms with Gasteiger partial charge < -0.3 is 14.4 Å². The number of rotatable bonds is 5. The SMILES string of the molecule is CC(C)NC(=O)Cn1cc(-c2nc(-c3ccc(Cl)cc3)no2)ccc1=O. The second-order valence-corrected chi connectivity index (χ2v) is 6.47. The molecule has 1 amide bonds. The van der Waals surface area contributed by atoms with Crippen LogP contribution in [0.15, 0.2) is 51.9 Å². The number of nitrogens with one attached hydrogen (secondary N) is 1. The molecule has 0 atom stereocenters. The third kappa shape index (κ3) is 4.18. The Morgan fingerprint density at radius 3 is 2.58 bits per heavy atom. The lowest BCUT2D eigenvalue weighted by molar-refractivity contribution is -0.122. The molecular weight excluding hydrogens is 356 g/mol. The normalized spacial score (nSPS) is 10.9. The summed E-state index contributed by atoms with van der Waals surface area (Å²) in [4.78, 5) is 28.2. The molecule has 0 radical (unpaired) electrons. The number of carbonyl (C=O) groups is 1. The summed E-state index contributed by atoms with van der Waals surface area (Å²) in [6.45, 7) is 3.63. The first-order chi connectivity index (χ1) is 12.4. The van der Waals surface area contributed by atoms with Crippen molar-refractivity contribution in [3.8, 4) is 22.8 Å². The average Bonchev–Trinajstić information content (AvgIpc) is 3.07. The van der Waals surface area contributed by atoms with E-state index < -0.39 is 0 Å². The maximum atomic E-state index is 12.0. The number of aromatic nitrogens is 3. The summed E-state index contributed by atoms with van der Waals surface area (Å²) < 4.78 is 6.59. The number of hydrogen-bond acceptors (Lipinski definition) is 5. The van der Waals surface area contributed by atoms with Crippen molar-refractivity contribution in [1.29, 1.82) is 0 Å². The summed E-state index contributed by atoms with van der Waals surface area (Å²) in [5, 5.41) is 7.31. The minimum Gasteiger partial charge on any atom is -0.352 e. The number of pyridine rings is 1. The molecule has 7 nitrogen and oxygen atoms in total. The van der Waals surface area contributed by atoms with E-state index in [1.165, 1.54) is 16.8 Å². The molecule has 0 fully saturated rings. The minimum absolute atomic E-state index is 0.000686. The molecule has 0 bridgehead atoms. The molecule has 0 aliphatic rings. The van der Waals surface area contributed by atoms with Crippen molar-refractivity contribution in [2.45, 2.75) is 26.4 Å². The fourth-order valence-corrected chi connectivity index (χ4v) is 2.49. The predicted molar refractivity (Wildman–Crippen MR) is 97.7 cm³/mol. The van der Waals surface area contributed by atoms with E-state index in [1.807, 2.05) is 13.8 Å². The van der Waals surface area contributed by atoms with Crippen LogP contribution in [0.4, 0.5) is 0 Å². The van der Waals surface area contributed by atoms with Crippen molar-refractivity contribution in [3.05, 3.63) is 58.0 Å². The zero-order valence-electron chi connectivity index (χ0n) is 14.3. The van der Waals surface area contributed by atoms with Crippen molar-refractivity contribution in [2.24, 2.45) is 0 Å². The minimum atomic E-state index is -0.287. The average molecular weight is 373 g/mol. The Kier molecular flexibility index (Phi) is 5.18. The molecule has 2 heterocycles. The van der Waals surface area contributed by atoms with Crippen molar-refractivity contribution < 1.29 is 9.32 Å². The molecule has 1 N–H and O–H groups in total. The first-order valence-electron chi connectivity index (χ1n) is 8.02. The maximum absolute atomic E-state index is 12.0. The van der Waals surface area contributed by atoms with Crippen LogP contribution in [0.1, 0.15) is 13.8 Å².